The predicted molar refractivity (Wildman–Crippen MR) is 85.0 cm³/mol. The Bertz CT molecular complexity index is 738. The summed E-state index contributed by atoms with van der Waals surface area (Å²) in [6, 6.07) is 12.8. The zero-order chi connectivity index (χ0) is 15.4. The van der Waals surface area contributed by atoms with Crippen molar-refractivity contribution in [1.82, 2.24) is 5.16 Å². The van der Waals surface area contributed by atoms with Crippen molar-refractivity contribution in [2.24, 2.45) is 0 Å². The van der Waals surface area contributed by atoms with Gasteiger partial charge in [-0.15, -0.1) is 0 Å². The molecule has 0 saturated heterocycles. The Morgan fingerprint density at radius 1 is 1.32 bits per heavy atom. The van der Waals surface area contributed by atoms with Crippen molar-refractivity contribution in [3.63, 3.8) is 0 Å². The SMILES string of the molecule is C[C@@H](Oc1ccccc1)C(=O)Nc1cc(-c2ccsc2)no1. The summed E-state index contributed by atoms with van der Waals surface area (Å²) < 4.78 is 10.7. The fourth-order valence-electron chi connectivity index (χ4n) is 1.86. The van der Waals surface area contributed by atoms with Gasteiger partial charge in [-0.1, -0.05) is 23.4 Å². The highest BCUT2D eigenvalue weighted by Crippen LogP contribution is 2.23. The highest BCUT2D eigenvalue weighted by molar-refractivity contribution is 7.08. The van der Waals surface area contributed by atoms with E-state index in [9.17, 15) is 4.79 Å². The highest BCUT2D eigenvalue weighted by atomic mass is 32.1. The second kappa shape index (κ2) is 6.44. The van der Waals surface area contributed by atoms with Crippen molar-refractivity contribution in [2.45, 2.75) is 13.0 Å². The van der Waals surface area contributed by atoms with Gasteiger partial charge in [0.15, 0.2) is 6.10 Å². The van der Waals surface area contributed by atoms with E-state index in [-0.39, 0.29) is 5.91 Å². The van der Waals surface area contributed by atoms with Crippen LogP contribution in [0.15, 0.2) is 57.7 Å². The fourth-order valence-corrected chi connectivity index (χ4v) is 2.51. The molecule has 1 aromatic carbocycles. The second-order valence-electron chi connectivity index (χ2n) is 4.65. The minimum absolute atomic E-state index is 0.295. The van der Waals surface area contributed by atoms with Crippen LogP contribution < -0.4 is 10.1 Å². The summed E-state index contributed by atoms with van der Waals surface area (Å²) in [5, 5.41) is 10.5. The Hall–Kier alpha value is -2.60. The van der Waals surface area contributed by atoms with Gasteiger partial charge >= 0.3 is 0 Å². The number of para-hydroxylation sites is 1. The Kier molecular flexibility index (Phi) is 4.20. The lowest BCUT2D eigenvalue weighted by Crippen LogP contribution is -2.29. The molecule has 0 aliphatic heterocycles. The number of anilines is 1. The van der Waals surface area contributed by atoms with Gasteiger partial charge in [-0.25, -0.2) is 0 Å². The van der Waals surface area contributed by atoms with Crippen molar-refractivity contribution in [2.75, 3.05) is 5.32 Å². The van der Waals surface area contributed by atoms with E-state index >= 15 is 0 Å². The van der Waals surface area contributed by atoms with Gasteiger partial charge < -0.3 is 9.26 Å². The van der Waals surface area contributed by atoms with Crippen molar-refractivity contribution < 1.29 is 14.1 Å². The smallest absolute Gasteiger partial charge is 0.267 e. The van der Waals surface area contributed by atoms with Gasteiger partial charge in [0.25, 0.3) is 5.91 Å². The molecular formula is C16H14N2O3S. The summed E-state index contributed by atoms with van der Waals surface area (Å²) in [6.07, 6.45) is -0.642. The molecule has 0 bridgehead atoms. The van der Waals surface area contributed by atoms with E-state index in [4.69, 9.17) is 9.26 Å². The first-order valence-electron chi connectivity index (χ1n) is 6.74. The fraction of sp³-hybridized carbons (Fsp3) is 0.125. The number of thiophene rings is 1. The van der Waals surface area contributed by atoms with Gasteiger partial charge in [-0.2, -0.15) is 11.3 Å². The molecule has 3 aromatic rings. The van der Waals surface area contributed by atoms with Crippen LogP contribution >= 0.6 is 11.3 Å². The van der Waals surface area contributed by atoms with Gasteiger partial charge in [0.1, 0.15) is 11.4 Å². The van der Waals surface area contributed by atoms with Gasteiger partial charge in [0.2, 0.25) is 5.88 Å². The number of rotatable bonds is 5. The number of hydrogen-bond donors (Lipinski definition) is 1. The highest BCUT2D eigenvalue weighted by Gasteiger charge is 2.17. The van der Waals surface area contributed by atoms with Crippen LogP contribution in [0.25, 0.3) is 11.3 Å². The molecule has 0 aliphatic carbocycles. The maximum Gasteiger partial charge on any atom is 0.267 e. The summed E-state index contributed by atoms with van der Waals surface area (Å²) >= 11 is 1.57. The first kappa shape index (κ1) is 14.3. The molecule has 6 heteroatoms. The van der Waals surface area contributed by atoms with Crippen LogP contribution in [-0.4, -0.2) is 17.2 Å². The monoisotopic (exact) mass is 314 g/mol. The molecule has 3 rings (SSSR count). The Labute approximate surface area is 131 Å². The molecule has 2 aromatic heterocycles. The quantitative estimate of drug-likeness (QED) is 0.778. The zero-order valence-corrected chi connectivity index (χ0v) is 12.7. The third kappa shape index (κ3) is 3.35. The van der Waals surface area contributed by atoms with E-state index in [1.165, 1.54) is 0 Å². The molecule has 0 aliphatic rings. The molecular weight excluding hydrogens is 300 g/mol. The van der Waals surface area contributed by atoms with E-state index in [1.54, 1.807) is 36.5 Å². The number of carbonyl (C=O) groups excluding carboxylic acids is 1. The normalized spacial score (nSPS) is 11.9. The van der Waals surface area contributed by atoms with Crippen LogP contribution in [0, 0.1) is 0 Å². The standard InChI is InChI=1S/C16H14N2O3S/c1-11(20-13-5-3-2-4-6-13)16(19)17-15-9-14(18-21-15)12-7-8-22-10-12/h2-11H,1H3,(H,17,19)/t11-/m1/s1. The van der Waals surface area contributed by atoms with Crippen LogP contribution in [0.3, 0.4) is 0 Å². The molecule has 22 heavy (non-hydrogen) atoms. The van der Waals surface area contributed by atoms with Crippen molar-refractivity contribution in [1.29, 1.82) is 0 Å². The largest absolute Gasteiger partial charge is 0.481 e. The third-order valence-electron chi connectivity index (χ3n) is 3.00. The van der Waals surface area contributed by atoms with Crippen LogP contribution in [0.4, 0.5) is 5.88 Å². The molecule has 2 heterocycles. The third-order valence-corrected chi connectivity index (χ3v) is 3.68. The predicted octanol–water partition coefficient (Wildman–Crippen LogP) is 3.81. The topological polar surface area (TPSA) is 64.4 Å². The summed E-state index contributed by atoms with van der Waals surface area (Å²) in [6.45, 7) is 1.68. The molecule has 1 amide bonds. The van der Waals surface area contributed by atoms with Gasteiger partial charge in [0.05, 0.1) is 0 Å². The van der Waals surface area contributed by atoms with Crippen LogP contribution in [0.2, 0.25) is 0 Å². The molecule has 0 fully saturated rings. The van der Waals surface area contributed by atoms with Crippen LogP contribution in [-0.2, 0) is 4.79 Å². The average Bonchev–Trinajstić information content (AvgIpc) is 3.19. The van der Waals surface area contributed by atoms with Crippen LogP contribution in [0.1, 0.15) is 6.92 Å². The number of nitrogens with one attached hydrogen (secondary N) is 1. The van der Waals surface area contributed by atoms with E-state index in [1.807, 2.05) is 35.0 Å². The number of amides is 1. The molecule has 1 atom stereocenters. The van der Waals surface area contributed by atoms with Crippen molar-refractivity contribution >= 4 is 23.1 Å². The Morgan fingerprint density at radius 2 is 2.14 bits per heavy atom. The summed E-state index contributed by atoms with van der Waals surface area (Å²) in [4.78, 5) is 12.1. The molecule has 0 unspecified atom stereocenters. The average molecular weight is 314 g/mol. The zero-order valence-electron chi connectivity index (χ0n) is 11.9. The number of hydrogen-bond acceptors (Lipinski definition) is 5. The first-order chi connectivity index (χ1) is 10.7. The second-order valence-corrected chi connectivity index (χ2v) is 5.43. The number of benzene rings is 1. The van der Waals surface area contributed by atoms with Gasteiger partial charge in [-0.3, -0.25) is 10.1 Å². The number of ether oxygens (including phenoxy) is 1. The lowest BCUT2D eigenvalue weighted by atomic mass is 10.2. The van der Waals surface area contributed by atoms with E-state index in [0.717, 1.165) is 5.56 Å². The lowest BCUT2D eigenvalue weighted by Gasteiger charge is -2.13. The Morgan fingerprint density at radius 3 is 2.86 bits per heavy atom. The van der Waals surface area contributed by atoms with Gasteiger partial charge in [0, 0.05) is 17.0 Å². The lowest BCUT2D eigenvalue weighted by molar-refractivity contribution is -0.122. The number of nitrogens with zero attached hydrogens (tertiary/aromatic N) is 1. The number of carbonyl (C=O) groups is 1. The van der Waals surface area contributed by atoms with Crippen molar-refractivity contribution in [3.8, 4) is 17.0 Å². The van der Waals surface area contributed by atoms with Crippen LogP contribution in [0.5, 0.6) is 5.75 Å². The molecule has 112 valence electrons. The maximum atomic E-state index is 12.1. The Balaban J connectivity index is 1.62. The van der Waals surface area contributed by atoms with E-state index in [0.29, 0.717) is 17.3 Å². The van der Waals surface area contributed by atoms with Gasteiger partial charge in [-0.05, 0) is 30.5 Å². The summed E-state index contributed by atoms with van der Waals surface area (Å²) in [5.74, 6) is 0.647. The molecule has 5 nitrogen and oxygen atoms in total. The van der Waals surface area contributed by atoms with E-state index in [2.05, 4.69) is 10.5 Å². The molecule has 0 spiro atoms. The van der Waals surface area contributed by atoms with E-state index < -0.39 is 6.10 Å². The summed E-state index contributed by atoms with van der Waals surface area (Å²) in [7, 11) is 0. The summed E-state index contributed by atoms with van der Waals surface area (Å²) in [5.41, 5.74) is 1.65. The first-order valence-corrected chi connectivity index (χ1v) is 7.68. The minimum atomic E-state index is -0.642. The minimum Gasteiger partial charge on any atom is -0.481 e. The molecule has 0 radical (unpaired) electrons. The maximum absolute atomic E-state index is 12.1. The number of aromatic nitrogens is 1. The molecule has 0 saturated carbocycles. The molecule has 1 N–H and O–H groups in total. The van der Waals surface area contributed by atoms with Crippen molar-refractivity contribution in [3.05, 3.63) is 53.2 Å².